The van der Waals surface area contributed by atoms with Gasteiger partial charge in [0.15, 0.2) is 0 Å². The fraction of sp³-hybridized carbons (Fsp3) is 0.333. The number of ether oxygens (including phenoxy) is 1. The van der Waals surface area contributed by atoms with Crippen molar-refractivity contribution in [2.24, 2.45) is 7.05 Å². The average molecular weight is 305 g/mol. The fourth-order valence-corrected chi connectivity index (χ4v) is 2.73. The smallest absolute Gasteiger partial charge is 0.121 e. The number of fused-ring (bicyclic) bond motifs is 1. The first-order chi connectivity index (χ1) is 10.1. The van der Waals surface area contributed by atoms with Crippen LogP contribution in [0.3, 0.4) is 0 Å². The van der Waals surface area contributed by atoms with Crippen molar-refractivity contribution < 1.29 is 4.74 Å². The van der Waals surface area contributed by atoms with Crippen molar-refractivity contribution in [2.45, 2.75) is 13.3 Å². The van der Waals surface area contributed by atoms with Gasteiger partial charge in [0.2, 0.25) is 0 Å². The van der Waals surface area contributed by atoms with E-state index in [1.807, 2.05) is 43.0 Å². The summed E-state index contributed by atoms with van der Waals surface area (Å²) in [7, 11) is 3.57. The highest BCUT2D eigenvalue weighted by atomic mass is 35.5. The second kappa shape index (κ2) is 5.41. The summed E-state index contributed by atoms with van der Waals surface area (Å²) >= 11 is 5.93. The van der Waals surface area contributed by atoms with E-state index in [9.17, 15) is 0 Å². The summed E-state index contributed by atoms with van der Waals surface area (Å²) in [6, 6.07) is 5.90. The van der Waals surface area contributed by atoms with E-state index in [1.165, 1.54) is 0 Å². The summed E-state index contributed by atoms with van der Waals surface area (Å²) in [6.45, 7) is 2.00. The third-order valence-corrected chi connectivity index (χ3v) is 3.67. The molecule has 0 amide bonds. The minimum atomic E-state index is 0.528. The molecule has 0 saturated heterocycles. The van der Waals surface area contributed by atoms with Gasteiger partial charge in [0.1, 0.15) is 11.6 Å². The topological polar surface area (TPSA) is 44.9 Å². The van der Waals surface area contributed by atoms with Crippen molar-refractivity contribution >= 4 is 22.6 Å². The molecule has 0 atom stereocenters. The zero-order chi connectivity index (χ0) is 15.0. The molecule has 0 aliphatic carbocycles. The lowest BCUT2D eigenvalue weighted by atomic mass is 10.3. The Balaban J connectivity index is 2.28. The van der Waals surface area contributed by atoms with Gasteiger partial charge in [0.05, 0.1) is 29.5 Å². The summed E-state index contributed by atoms with van der Waals surface area (Å²) < 4.78 is 9.21. The molecule has 0 radical (unpaired) electrons. The molecule has 0 bridgehead atoms. The highest BCUT2D eigenvalue weighted by Gasteiger charge is 2.16. The molecule has 3 rings (SSSR count). The minimum absolute atomic E-state index is 0.528. The van der Waals surface area contributed by atoms with E-state index in [2.05, 4.69) is 9.67 Å². The summed E-state index contributed by atoms with van der Waals surface area (Å²) in [6.07, 6.45) is 2.70. The Bertz CT molecular complexity index is 790. The normalized spacial score (nSPS) is 11.2. The Hall–Kier alpha value is -2.01. The highest BCUT2D eigenvalue weighted by molar-refractivity contribution is 6.17. The second-order valence-electron chi connectivity index (χ2n) is 4.93. The molecular formula is C15H17ClN4O. The number of aromatic nitrogens is 4. The zero-order valence-corrected chi connectivity index (χ0v) is 13.1. The number of benzene rings is 1. The maximum Gasteiger partial charge on any atom is 0.121 e. The van der Waals surface area contributed by atoms with E-state index < -0.39 is 0 Å². The third-order valence-electron chi connectivity index (χ3n) is 3.48. The summed E-state index contributed by atoms with van der Waals surface area (Å²) in [5.41, 5.74) is 3.93. The van der Waals surface area contributed by atoms with Gasteiger partial charge in [-0.2, -0.15) is 5.10 Å². The Kier molecular flexibility index (Phi) is 3.59. The lowest BCUT2D eigenvalue weighted by molar-refractivity contribution is 0.415. The maximum atomic E-state index is 5.93. The van der Waals surface area contributed by atoms with Gasteiger partial charge in [-0.3, -0.25) is 9.25 Å². The SMILES string of the molecule is COc1ccc2c(c1)nc(CCCl)n2-c1cn(C)nc1C. The van der Waals surface area contributed by atoms with Crippen molar-refractivity contribution in [3.05, 3.63) is 35.9 Å². The van der Waals surface area contributed by atoms with Crippen LogP contribution in [0, 0.1) is 6.92 Å². The zero-order valence-electron chi connectivity index (χ0n) is 12.3. The molecule has 2 heterocycles. The van der Waals surface area contributed by atoms with Crippen LogP contribution >= 0.6 is 11.6 Å². The van der Waals surface area contributed by atoms with E-state index in [-0.39, 0.29) is 0 Å². The second-order valence-corrected chi connectivity index (χ2v) is 5.31. The van der Waals surface area contributed by atoms with E-state index in [0.717, 1.165) is 34.0 Å². The van der Waals surface area contributed by atoms with Crippen molar-refractivity contribution in [1.82, 2.24) is 19.3 Å². The fourth-order valence-electron chi connectivity index (χ4n) is 2.56. The Morgan fingerprint density at radius 2 is 2.14 bits per heavy atom. The van der Waals surface area contributed by atoms with Gasteiger partial charge in [-0.1, -0.05) is 0 Å². The van der Waals surface area contributed by atoms with Crippen molar-refractivity contribution in [2.75, 3.05) is 13.0 Å². The predicted molar refractivity (Wildman–Crippen MR) is 83.5 cm³/mol. The van der Waals surface area contributed by atoms with Gasteiger partial charge in [-0.15, -0.1) is 11.6 Å². The maximum absolute atomic E-state index is 5.93. The summed E-state index contributed by atoms with van der Waals surface area (Å²) in [5, 5.41) is 4.42. The van der Waals surface area contributed by atoms with Gasteiger partial charge in [0.25, 0.3) is 0 Å². The summed E-state index contributed by atoms with van der Waals surface area (Å²) in [5.74, 6) is 2.26. The predicted octanol–water partition coefficient (Wildman–Crippen LogP) is 2.86. The van der Waals surface area contributed by atoms with E-state index in [1.54, 1.807) is 7.11 Å². The number of aryl methyl sites for hydroxylation is 3. The van der Waals surface area contributed by atoms with Crippen LogP contribution in [0.1, 0.15) is 11.5 Å². The number of hydrogen-bond donors (Lipinski definition) is 0. The van der Waals surface area contributed by atoms with E-state index in [0.29, 0.717) is 12.3 Å². The van der Waals surface area contributed by atoms with Crippen LogP contribution in [0.2, 0.25) is 0 Å². The largest absolute Gasteiger partial charge is 0.497 e. The van der Waals surface area contributed by atoms with Gasteiger partial charge in [-0.05, 0) is 19.1 Å². The number of methoxy groups -OCH3 is 1. The number of rotatable bonds is 4. The molecule has 110 valence electrons. The number of alkyl halides is 1. The molecule has 0 aliphatic rings. The Morgan fingerprint density at radius 3 is 2.76 bits per heavy atom. The molecule has 0 fully saturated rings. The monoisotopic (exact) mass is 304 g/mol. The van der Waals surface area contributed by atoms with Gasteiger partial charge >= 0.3 is 0 Å². The first kappa shape index (κ1) is 13.9. The molecule has 2 aromatic heterocycles. The standard InChI is InChI=1S/C15H17ClN4O/c1-10-14(9-19(2)18-10)20-13-5-4-11(21-3)8-12(13)17-15(20)6-7-16/h4-5,8-9H,6-7H2,1-3H3. The van der Waals surface area contributed by atoms with Crippen molar-refractivity contribution in [3.63, 3.8) is 0 Å². The molecule has 0 saturated carbocycles. The van der Waals surface area contributed by atoms with Crippen molar-refractivity contribution in [1.29, 1.82) is 0 Å². The van der Waals surface area contributed by atoms with Crippen LogP contribution in [0.4, 0.5) is 0 Å². The Morgan fingerprint density at radius 1 is 1.33 bits per heavy atom. The minimum Gasteiger partial charge on any atom is -0.497 e. The molecular weight excluding hydrogens is 288 g/mol. The van der Waals surface area contributed by atoms with Crippen LogP contribution in [0.25, 0.3) is 16.7 Å². The molecule has 5 nitrogen and oxygen atoms in total. The van der Waals surface area contributed by atoms with Crippen LogP contribution in [0.5, 0.6) is 5.75 Å². The first-order valence-electron chi connectivity index (χ1n) is 6.76. The quantitative estimate of drug-likeness (QED) is 0.696. The average Bonchev–Trinajstić information content (AvgIpc) is 2.97. The molecule has 0 unspecified atom stereocenters. The Labute approximate surface area is 128 Å². The molecule has 0 aliphatic heterocycles. The molecule has 0 N–H and O–H groups in total. The molecule has 3 aromatic rings. The van der Waals surface area contributed by atoms with Crippen LogP contribution in [-0.2, 0) is 13.5 Å². The molecule has 1 aromatic carbocycles. The van der Waals surface area contributed by atoms with Crippen LogP contribution in [0.15, 0.2) is 24.4 Å². The number of halogens is 1. The molecule has 6 heteroatoms. The third kappa shape index (κ3) is 2.38. The number of nitrogens with zero attached hydrogens (tertiary/aromatic N) is 4. The van der Waals surface area contributed by atoms with E-state index >= 15 is 0 Å². The lowest BCUT2D eigenvalue weighted by Crippen LogP contribution is -2.02. The first-order valence-corrected chi connectivity index (χ1v) is 7.29. The summed E-state index contributed by atoms with van der Waals surface area (Å²) in [4.78, 5) is 4.70. The van der Waals surface area contributed by atoms with Gasteiger partial charge < -0.3 is 4.74 Å². The van der Waals surface area contributed by atoms with Crippen LogP contribution < -0.4 is 4.74 Å². The van der Waals surface area contributed by atoms with Crippen LogP contribution in [-0.4, -0.2) is 32.3 Å². The number of imidazole rings is 1. The van der Waals surface area contributed by atoms with Gasteiger partial charge in [0, 0.05) is 31.6 Å². The van der Waals surface area contributed by atoms with E-state index in [4.69, 9.17) is 21.3 Å². The molecule has 21 heavy (non-hydrogen) atoms. The molecule has 0 spiro atoms. The highest BCUT2D eigenvalue weighted by Crippen LogP contribution is 2.26. The lowest BCUT2D eigenvalue weighted by Gasteiger charge is -2.07. The van der Waals surface area contributed by atoms with Gasteiger partial charge in [-0.25, -0.2) is 4.98 Å². The van der Waals surface area contributed by atoms with Crippen molar-refractivity contribution in [3.8, 4) is 11.4 Å². The number of hydrogen-bond acceptors (Lipinski definition) is 3.